The molecule has 2 aromatic rings. The van der Waals surface area contributed by atoms with Gasteiger partial charge in [0.2, 0.25) is 0 Å². The number of nitrogens with two attached hydrogens (primary N) is 1. The van der Waals surface area contributed by atoms with Crippen LogP contribution in [0.25, 0.3) is 10.8 Å². The van der Waals surface area contributed by atoms with Crippen LogP contribution in [0, 0.1) is 46.3 Å². The molecule has 5 saturated carbocycles. The first-order chi connectivity index (χ1) is 25.9. The van der Waals surface area contributed by atoms with Crippen molar-refractivity contribution < 1.29 is 24.5 Å². The van der Waals surface area contributed by atoms with Gasteiger partial charge in [-0.2, -0.15) is 0 Å². The topological polar surface area (TPSA) is 137 Å². The van der Waals surface area contributed by atoms with Crippen LogP contribution in [-0.2, 0) is 11.2 Å². The van der Waals surface area contributed by atoms with Gasteiger partial charge in [0, 0.05) is 42.3 Å². The molecule has 0 unspecified atom stereocenters. The lowest BCUT2D eigenvalue weighted by molar-refractivity contribution is -0.0702. The highest BCUT2D eigenvalue weighted by Crippen LogP contribution is 2.69. The number of nitrogens with zero attached hydrogens (tertiary/aromatic N) is 1. The molecule has 298 valence electrons. The Kier molecular flexibility index (Phi) is 10.8. The van der Waals surface area contributed by atoms with Crippen molar-refractivity contribution in [1.29, 1.82) is 0 Å². The summed E-state index contributed by atoms with van der Waals surface area (Å²) in [5.74, 6) is 4.08. The van der Waals surface area contributed by atoms with Crippen LogP contribution in [0.5, 0.6) is 0 Å². The van der Waals surface area contributed by atoms with E-state index in [4.69, 9.17) is 26.5 Å². The van der Waals surface area contributed by atoms with E-state index in [-0.39, 0.29) is 29.1 Å². The van der Waals surface area contributed by atoms with Crippen LogP contribution in [0.1, 0.15) is 129 Å². The Hall–Kier alpha value is -2.39. The molecule has 6 aliphatic rings. The Bertz CT molecular complexity index is 1670. The van der Waals surface area contributed by atoms with Gasteiger partial charge in [0.05, 0.1) is 35.9 Å². The van der Waals surface area contributed by atoms with E-state index in [0.29, 0.717) is 54.0 Å². The SMILES string of the molecule is C=C1C[C@@]2(CC[C@H](CC[C@]3(O)CCC[C@H](O)C3)C2)[C@@H]2O[C@]2(C)CC[C@H]2[C@@H]1C[C@]2(C)[C@H]1C[C@@H](CCCO)[C@H](CN=C(N)NCCc2cccc3cocc23)C1. The molecule has 8 heteroatoms. The number of ether oxygens (including phenoxy) is 1. The van der Waals surface area contributed by atoms with Crippen LogP contribution in [0.15, 0.2) is 52.3 Å². The summed E-state index contributed by atoms with van der Waals surface area (Å²) >= 11 is 0. The summed E-state index contributed by atoms with van der Waals surface area (Å²) in [6.45, 7) is 11.6. The van der Waals surface area contributed by atoms with Crippen molar-refractivity contribution in [2.24, 2.45) is 57.1 Å². The molecule has 12 atom stereocenters. The van der Waals surface area contributed by atoms with Gasteiger partial charge in [-0.25, -0.2) is 0 Å². The predicted octanol–water partition coefficient (Wildman–Crippen LogP) is 8.07. The van der Waals surface area contributed by atoms with E-state index < -0.39 is 5.60 Å². The maximum Gasteiger partial charge on any atom is 0.188 e. The molecule has 1 aliphatic heterocycles. The fraction of sp³-hybridized carbons (Fsp3) is 0.761. The van der Waals surface area contributed by atoms with Crippen molar-refractivity contribution >= 4 is 16.7 Å². The molecule has 54 heavy (non-hydrogen) atoms. The Morgan fingerprint density at radius 3 is 2.72 bits per heavy atom. The average Bonchev–Trinajstić information content (AvgIpc) is 3.54. The van der Waals surface area contributed by atoms with Gasteiger partial charge in [-0.3, -0.25) is 4.99 Å². The lowest BCUT2D eigenvalue weighted by Crippen LogP contribution is -2.51. The quantitative estimate of drug-likeness (QED) is 0.0642. The van der Waals surface area contributed by atoms with E-state index in [9.17, 15) is 15.3 Å². The monoisotopic (exact) mass is 744 g/mol. The van der Waals surface area contributed by atoms with E-state index in [1.807, 2.05) is 6.26 Å². The van der Waals surface area contributed by atoms with Gasteiger partial charge in [0.25, 0.3) is 0 Å². The van der Waals surface area contributed by atoms with Crippen LogP contribution in [0.3, 0.4) is 0 Å². The van der Waals surface area contributed by atoms with Crippen LogP contribution in [-0.4, -0.2) is 64.4 Å². The molecule has 1 aromatic carbocycles. The largest absolute Gasteiger partial charge is 0.471 e. The molecule has 1 saturated heterocycles. The molecule has 6 fully saturated rings. The van der Waals surface area contributed by atoms with Gasteiger partial charge >= 0.3 is 0 Å². The first-order valence-electron chi connectivity index (χ1n) is 21.8. The lowest BCUT2D eigenvalue weighted by atomic mass is 9.46. The zero-order valence-corrected chi connectivity index (χ0v) is 33.2. The fourth-order valence-electron chi connectivity index (χ4n) is 13.3. The summed E-state index contributed by atoms with van der Waals surface area (Å²) in [6, 6.07) is 6.30. The van der Waals surface area contributed by atoms with E-state index >= 15 is 0 Å². The second kappa shape index (κ2) is 15.2. The zero-order chi connectivity index (χ0) is 37.7. The van der Waals surface area contributed by atoms with Gasteiger partial charge in [-0.15, -0.1) is 0 Å². The number of benzene rings is 1. The first kappa shape index (κ1) is 38.5. The number of fused-ring (bicyclic) bond motifs is 4. The average molecular weight is 744 g/mol. The molecular formula is C46H69N3O5. The molecule has 0 radical (unpaired) electrons. The summed E-state index contributed by atoms with van der Waals surface area (Å²) in [7, 11) is 0. The predicted molar refractivity (Wildman–Crippen MR) is 215 cm³/mol. The lowest BCUT2D eigenvalue weighted by Gasteiger charge is -2.58. The van der Waals surface area contributed by atoms with Crippen LogP contribution in [0.4, 0.5) is 0 Å². The number of nitrogens with one attached hydrogen (secondary N) is 1. The van der Waals surface area contributed by atoms with Crippen molar-refractivity contribution in [3.05, 3.63) is 48.4 Å². The van der Waals surface area contributed by atoms with Gasteiger partial charge < -0.3 is 35.5 Å². The number of aliphatic hydroxyl groups is 3. The van der Waals surface area contributed by atoms with Crippen molar-refractivity contribution in [2.75, 3.05) is 19.7 Å². The Labute approximate surface area is 323 Å². The molecule has 6 N–H and O–H groups in total. The second-order valence-electron chi connectivity index (χ2n) is 19.8. The van der Waals surface area contributed by atoms with E-state index in [1.54, 1.807) is 6.26 Å². The van der Waals surface area contributed by atoms with Gasteiger partial charge in [0.15, 0.2) is 5.96 Å². The summed E-state index contributed by atoms with van der Waals surface area (Å²) < 4.78 is 12.2. The molecule has 1 aromatic heterocycles. The molecule has 2 heterocycles. The van der Waals surface area contributed by atoms with Crippen molar-refractivity contribution in [3.63, 3.8) is 0 Å². The maximum absolute atomic E-state index is 11.3. The molecule has 8 rings (SSSR count). The van der Waals surface area contributed by atoms with Crippen LogP contribution >= 0.6 is 0 Å². The van der Waals surface area contributed by atoms with Crippen molar-refractivity contribution in [1.82, 2.24) is 5.32 Å². The standard InChI is InChI=1S/C46H69N3O5/c1-30-23-45(17-11-31(24-45)12-18-46(52)15-5-10-37(51)25-46)41-44(3,54-41)16-13-40-38(30)26-43(40,2)36-21-33(9-6-20-50)35(22-36)27-49-42(47)48-19-14-32-7-4-8-34-28-53-29-39(32)34/h4,7-8,28-29,31,33,35-38,40-41,50-52H,1,5-6,9-27H2,2-3H3,(H3,47,48,49)/t31-,33-,35+,36+,37+,38-,40+,41-,43-,44-,45-,46-/m1/s1. The highest BCUT2D eigenvalue weighted by Gasteiger charge is 2.67. The number of hydrogen-bond acceptors (Lipinski definition) is 6. The number of hydrogen-bond donors (Lipinski definition) is 5. The summed E-state index contributed by atoms with van der Waals surface area (Å²) in [4.78, 5) is 4.91. The number of guanidine groups is 1. The number of allylic oxidation sites excluding steroid dienone is 1. The highest BCUT2D eigenvalue weighted by atomic mass is 16.6. The normalized spacial score (nSPS) is 42.2. The Morgan fingerprint density at radius 2 is 1.89 bits per heavy atom. The Balaban J connectivity index is 0.888. The fourth-order valence-corrected chi connectivity index (χ4v) is 13.3. The number of epoxide rings is 1. The first-order valence-corrected chi connectivity index (χ1v) is 21.8. The number of furan rings is 1. The number of aliphatic hydroxyl groups excluding tert-OH is 2. The molecule has 0 amide bonds. The maximum atomic E-state index is 11.3. The second-order valence-corrected chi connectivity index (χ2v) is 19.8. The zero-order valence-electron chi connectivity index (χ0n) is 33.2. The Morgan fingerprint density at radius 1 is 1.04 bits per heavy atom. The minimum absolute atomic E-state index is 0.0294. The summed E-state index contributed by atoms with van der Waals surface area (Å²) in [5.41, 5.74) is 8.93. The smallest absolute Gasteiger partial charge is 0.188 e. The van der Waals surface area contributed by atoms with Gasteiger partial charge in [-0.1, -0.05) is 37.3 Å². The molecule has 8 nitrogen and oxygen atoms in total. The minimum atomic E-state index is -0.687. The third-order valence-electron chi connectivity index (χ3n) is 16.4. The molecule has 5 aliphatic carbocycles. The molecule has 0 bridgehead atoms. The molecular weight excluding hydrogens is 675 g/mol. The van der Waals surface area contributed by atoms with E-state index in [2.05, 4.69) is 37.4 Å². The van der Waals surface area contributed by atoms with E-state index in [0.717, 1.165) is 88.1 Å². The minimum Gasteiger partial charge on any atom is -0.471 e. The van der Waals surface area contributed by atoms with Crippen LogP contribution < -0.4 is 11.1 Å². The summed E-state index contributed by atoms with van der Waals surface area (Å²) in [5, 5.41) is 37.0. The van der Waals surface area contributed by atoms with Crippen molar-refractivity contribution in [2.45, 2.75) is 153 Å². The summed E-state index contributed by atoms with van der Waals surface area (Å²) in [6.07, 6.45) is 22.1. The number of aliphatic imine (C=N–C) groups is 1. The third kappa shape index (κ3) is 7.55. The third-order valence-corrected chi connectivity index (χ3v) is 16.4. The van der Waals surface area contributed by atoms with E-state index in [1.165, 1.54) is 56.1 Å². The highest BCUT2D eigenvalue weighted by molar-refractivity contribution is 5.84. The number of rotatable bonds is 12. The molecule has 1 spiro atoms. The van der Waals surface area contributed by atoms with Crippen molar-refractivity contribution in [3.8, 4) is 0 Å². The van der Waals surface area contributed by atoms with Gasteiger partial charge in [0.1, 0.15) is 0 Å². The van der Waals surface area contributed by atoms with Gasteiger partial charge in [-0.05, 0) is 163 Å². The van der Waals surface area contributed by atoms with Crippen LogP contribution in [0.2, 0.25) is 0 Å².